The zero-order valence-electron chi connectivity index (χ0n) is 20.5. The molecule has 2 aromatic carbocycles. The van der Waals surface area contributed by atoms with Gasteiger partial charge in [-0.2, -0.15) is 0 Å². The van der Waals surface area contributed by atoms with Crippen LogP contribution in [0.1, 0.15) is 51.2 Å². The SMILES string of the molecule is CC[C@H](C)[C@@H](NC(=O)OCC1c2ccccc2-c2ccccc21)C(=O)N[C@H](C(=O)OC)C(C)C. The minimum Gasteiger partial charge on any atom is -0.467 e. The molecule has 0 aliphatic heterocycles. The summed E-state index contributed by atoms with van der Waals surface area (Å²) in [6.45, 7) is 7.60. The Hall–Kier alpha value is -3.35. The Morgan fingerprint density at radius 1 is 0.882 bits per heavy atom. The van der Waals surface area contributed by atoms with Gasteiger partial charge in [0.15, 0.2) is 0 Å². The fourth-order valence-electron chi connectivity index (χ4n) is 4.34. The first-order valence-corrected chi connectivity index (χ1v) is 11.8. The van der Waals surface area contributed by atoms with Gasteiger partial charge in [0.05, 0.1) is 7.11 Å². The number of alkyl carbamates (subject to hydrolysis) is 1. The van der Waals surface area contributed by atoms with E-state index in [1.165, 1.54) is 7.11 Å². The minimum atomic E-state index is -0.841. The molecule has 182 valence electrons. The van der Waals surface area contributed by atoms with E-state index in [9.17, 15) is 14.4 Å². The number of rotatable bonds is 9. The second-order valence-electron chi connectivity index (χ2n) is 9.09. The van der Waals surface area contributed by atoms with E-state index in [1.54, 1.807) is 0 Å². The molecule has 1 aliphatic carbocycles. The van der Waals surface area contributed by atoms with Gasteiger partial charge in [0.2, 0.25) is 5.91 Å². The number of benzene rings is 2. The number of fused-ring (bicyclic) bond motifs is 3. The first-order chi connectivity index (χ1) is 16.3. The summed E-state index contributed by atoms with van der Waals surface area (Å²) in [5.74, 6) is -1.35. The van der Waals surface area contributed by atoms with Crippen LogP contribution in [-0.2, 0) is 19.1 Å². The predicted octanol–water partition coefficient (Wildman–Crippen LogP) is 4.25. The van der Waals surface area contributed by atoms with Gasteiger partial charge < -0.3 is 20.1 Å². The highest BCUT2D eigenvalue weighted by Crippen LogP contribution is 2.44. The number of amides is 2. The molecule has 0 saturated heterocycles. The monoisotopic (exact) mass is 466 g/mol. The molecule has 3 atom stereocenters. The molecular formula is C27H34N2O5. The summed E-state index contributed by atoms with van der Waals surface area (Å²) >= 11 is 0. The Bertz CT molecular complexity index is 990. The average Bonchev–Trinajstić information content (AvgIpc) is 3.17. The molecule has 7 heteroatoms. The van der Waals surface area contributed by atoms with Crippen LogP contribution in [0.2, 0.25) is 0 Å². The van der Waals surface area contributed by atoms with Gasteiger partial charge in [0, 0.05) is 5.92 Å². The van der Waals surface area contributed by atoms with Gasteiger partial charge in [-0.25, -0.2) is 9.59 Å². The molecular weight excluding hydrogens is 432 g/mol. The molecule has 2 N–H and O–H groups in total. The van der Waals surface area contributed by atoms with Crippen LogP contribution < -0.4 is 10.6 Å². The fraction of sp³-hybridized carbons (Fsp3) is 0.444. The highest BCUT2D eigenvalue weighted by Gasteiger charge is 2.33. The van der Waals surface area contributed by atoms with Gasteiger partial charge in [-0.1, -0.05) is 82.6 Å². The van der Waals surface area contributed by atoms with Crippen molar-refractivity contribution in [3.05, 3.63) is 59.7 Å². The maximum Gasteiger partial charge on any atom is 0.407 e. The van der Waals surface area contributed by atoms with Crippen LogP contribution in [0.15, 0.2) is 48.5 Å². The number of nitrogens with one attached hydrogen (secondary N) is 2. The van der Waals surface area contributed by atoms with E-state index in [0.717, 1.165) is 22.3 Å². The molecule has 0 bridgehead atoms. The molecule has 3 rings (SSSR count). The van der Waals surface area contributed by atoms with E-state index in [2.05, 4.69) is 34.9 Å². The summed E-state index contributed by atoms with van der Waals surface area (Å²) in [6, 6.07) is 14.6. The average molecular weight is 467 g/mol. The number of ether oxygens (including phenoxy) is 2. The lowest BCUT2D eigenvalue weighted by atomic mass is 9.97. The lowest BCUT2D eigenvalue weighted by Gasteiger charge is -2.27. The number of carbonyl (C=O) groups excluding carboxylic acids is 3. The van der Waals surface area contributed by atoms with Crippen LogP contribution in [0.3, 0.4) is 0 Å². The van der Waals surface area contributed by atoms with Crippen molar-refractivity contribution in [1.82, 2.24) is 10.6 Å². The number of methoxy groups -OCH3 is 1. The molecule has 0 unspecified atom stereocenters. The highest BCUT2D eigenvalue weighted by molar-refractivity contribution is 5.90. The third kappa shape index (κ3) is 5.41. The number of hydrogen-bond acceptors (Lipinski definition) is 5. The summed E-state index contributed by atoms with van der Waals surface area (Å²) in [5.41, 5.74) is 4.52. The van der Waals surface area contributed by atoms with Crippen LogP contribution in [-0.4, -0.2) is 43.8 Å². The minimum absolute atomic E-state index is 0.0707. The Morgan fingerprint density at radius 2 is 1.44 bits per heavy atom. The zero-order valence-corrected chi connectivity index (χ0v) is 20.5. The predicted molar refractivity (Wildman–Crippen MR) is 130 cm³/mol. The third-order valence-electron chi connectivity index (χ3n) is 6.53. The van der Waals surface area contributed by atoms with Gasteiger partial charge in [-0.05, 0) is 34.1 Å². The van der Waals surface area contributed by atoms with Gasteiger partial charge in [-0.15, -0.1) is 0 Å². The number of hydrogen-bond donors (Lipinski definition) is 2. The van der Waals surface area contributed by atoms with Crippen molar-refractivity contribution in [2.75, 3.05) is 13.7 Å². The molecule has 1 aliphatic rings. The highest BCUT2D eigenvalue weighted by atomic mass is 16.5. The normalized spacial score (nSPS) is 15.0. The number of esters is 1. The molecule has 34 heavy (non-hydrogen) atoms. The lowest BCUT2D eigenvalue weighted by molar-refractivity contribution is -0.146. The van der Waals surface area contributed by atoms with Crippen LogP contribution in [0.5, 0.6) is 0 Å². The molecule has 0 spiro atoms. The first-order valence-electron chi connectivity index (χ1n) is 11.8. The molecule has 7 nitrogen and oxygen atoms in total. The Labute approximate surface area is 201 Å². The molecule has 2 aromatic rings. The van der Waals surface area contributed by atoms with Gasteiger partial charge in [0.25, 0.3) is 0 Å². The topological polar surface area (TPSA) is 93.7 Å². The Balaban J connectivity index is 1.69. The van der Waals surface area contributed by atoms with E-state index in [-0.39, 0.29) is 24.4 Å². The molecule has 0 radical (unpaired) electrons. The summed E-state index contributed by atoms with van der Waals surface area (Å²) in [5, 5.41) is 5.44. The van der Waals surface area contributed by atoms with E-state index in [0.29, 0.717) is 6.42 Å². The maximum absolute atomic E-state index is 13.0. The van der Waals surface area contributed by atoms with Crippen molar-refractivity contribution < 1.29 is 23.9 Å². The second kappa shape index (κ2) is 11.2. The standard InChI is InChI=1S/C27H34N2O5/c1-6-17(4)24(25(30)28-23(16(2)3)26(31)33-5)29-27(32)34-15-22-20-13-9-7-11-18(20)19-12-8-10-14-21(19)22/h7-14,16-17,22-24H,6,15H2,1-5H3,(H,28,30)(H,29,32)/t17-,23-,24+/m0/s1. The van der Waals surface area contributed by atoms with Crippen molar-refractivity contribution in [2.45, 2.75) is 52.1 Å². The lowest BCUT2D eigenvalue weighted by Crippen LogP contribution is -2.55. The molecule has 0 fully saturated rings. The van der Waals surface area contributed by atoms with Gasteiger partial charge in [0.1, 0.15) is 18.7 Å². The van der Waals surface area contributed by atoms with Crippen molar-refractivity contribution in [3.8, 4) is 11.1 Å². The number of carbonyl (C=O) groups is 3. The molecule has 0 heterocycles. The quantitative estimate of drug-likeness (QED) is 0.539. The van der Waals surface area contributed by atoms with E-state index < -0.39 is 30.1 Å². The zero-order chi connectivity index (χ0) is 24.8. The van der Waals surface area contributed by atoms with Crippen molar-refractivity contribution in [2.24, 2.45) is 11.8 Å². The van der Waals surface area contributed by atoms with Crippen LogP contribution >= 0.6 is 0 Å². The molecule has 0 saturated carbocycles. The van der Waals surface area contributed by atoms with Crippen molar-refractivity contribution >= 4 is 18.0 Å². The van der Waals surface area contributed by atoms with Gasteiger partial charge >= 0.3 is 12.1 Å². The van der Waals surface area contributed by atoms with E-state index >= 15 is 0 Å². The molecule has 0 aromatic heterocycles. The van der Waals surface area contributed by atoms with Crippen molar-refractivity contribution in [3.63, 3.8) is 0 Å². The maximum atomic E-state index is 13.0. The third-order valence-corrected chi connectivity index (χ3v) is 6.53. The first kappa shape index (κ1) is 25.3. The summed E-state index contributed by atoms with van der Waals surface area (Å²) < 4.78 is 10.4. The largest absolute Gasteiger partial charge is 0.467 e. The fourth-order valence-corrected chi connectivity index (χ4v) is 4.34. The van der Waals surface area contributed by atoms with Gasteiger partial charge in [-0.3, -0.25) is 4.79 Å². The van der Waals surface area contributed by atoms with Crippen molar-refractivity contribution in [1.29, 1.82) is 0 Å². The second-order valence-corrected chi connectivity index (χ2v) is 9.09. The summed E-state index contributed by atoms with van der Waals surface area (Å²) in [7, 11) is 1.28. The Morgan fingerprint density at radius 3 is 1.94 bits per heavy atom. The van der Waals surface area contributed by atoms with Crippen LogP contribution in [0.4, 0.5) is 4.79 Å². The van der Waals surface area contributed by atoms with Crippen LogP contribution in [0.25, 0.3) is 11.1 Å². The van der Waals surface area contributed by atoms with E-state index in [1.807, 2.05) is 52.0 Å². The Kier molecular flexibility index (Phi) is 8.31. The van der Waals surface area contributed by atoms with Crippen LogP contribution in [0, 0.1) is 11.8 Å². The smallest absolute Gasteiger partial charge is 0.407 e. The molecule has 2 amide bonds. The van der Waals surface area contributed by atoms with E-state index in [4.69, 9.17) is 9.47 Å². The summed E-state index contributed by atoms with van der Waals surface area (Å²) in [4.78, 5) is 37.9. The summed E-state index contributed by atoms with van der Waals surface area (Å²) in [6.07, 6.45) is -0.00626.